The van der Waals surface area contributed by atoms with E-state index in [0.717, 1.165) is 23.8 Å². The molecule has 3 unspecified atom stereocenters. The highest BCUT2D eigenvalue weighted by molar-refractivity contribution is 5.81. The Labute approximate surface area is 283 Å². The molecule has 3 aromatic rings. The van der Waals surface area contributed by atoms with E-state index in [9.17, 15) is 23.9 Å². The third-order valence-corrected chi connectivity index (χ3v) is 8.68. The molecule has 49 heavy (non-hydrogen) atoms. The number of imidazole rings is 1. The molecule has 3 amide bonds. The molecule has 3 heterocycles. The quantitative estimate of drug-likeness (QED) is 0.336. The Morgan fingerprint density at radius 1 is 1.02 bits per heavy atom. The fourth-order valence-electron chi connectivity index (χ4n) is 6.30. The SMILES string of the molecule is COC(=O)N1CC(C(c2nc(-c3cc(F)ccc3F)cn2Cc2ccccc2)N(CC2CN(C(=O)OC(C)(C)C)CC2F)C(=O)[C@H](C)O)C1. The molecule has 0 bridgehead atoms. The van der Waals surface area contributed by atoms with Crippen LogP contribution in [0.2, 0.25) is 0 Å². The van der Waals surface area contributed by atoms with Gasteiger partial charge < -0.3 is 33.8 Å². The van der Waals surface area contributed by atoms with Crippen molar-refractivity contribution >= 4 is 18.1 Å². The third-order valence-electron chi connectivity index (χ3n) is 8.68. The second-order valence-corrected chi connectivity index (χ2v) is 13.6. The van der Waals surface area contributed by atoms with Gasteiger partial charge in [-0.15, -0.1) is 0 Å². The number of rotatable bonds is 9. The normalized spacial score (nSPS) is 19.3. The van der Waals surface area contributed by atoms with Gasteiger partial charge in [-0.25, -0.2) is 27.7 Å². The number of aliphatic hydroxyl groups excluding tert-OH is 1. The molecular formula is C35H42F3N5O6. The van der Waals surface area contributed by atoms with Crippen LogP contribution in [-0.4, -0.2) is 105 Å². The minimum absolute atomic E-state index is 0.0520. The maximum atomic E-state index is 15.7. The lowest BCUT2D eigenvalue weighted by molar-refractivity contribution is -0.146. The number of carbonyl (C=O) groups is 3. The van der Waals surface area contributed by atoms with E-state index in [1.54, 1.807) is 31.5 Å². The van der Waals surface area contributed by atoms with Crippen molar-refractivity contribution in [2.24, 2.45) is 11.8 Å². The number of amides is 3. The van der Waals surface area contributed by atoms with Gasteiger partial charge in [-0.2, -0.15) is 0 Å². The van der Waals surface area contributed by atoms with Gasteiger partial charge in [0, 0.05) is 56.3 Å². The number of aromatic nitrogens is 2. The van der Waals surface area contributed by atoms with Gasteiger partial charge in [0.25, 0.3) is 5.91 Å². The molecule has 0 aliphatic carbocycles. The number of alkyl halides is 1. The zero-order chi connectivity index (χ0) is 35.6. The molecule has 0 spiro atoms. The van der Waals surface area contributed by atoms with Gasteiger partial charge in [0.1, 0.15) is 35.3 Å². The van der Waals surface area contributed by atoms with E-state index in [2.05, 4.69) is 0 Å². The fourth-order valence-corrected chi connectivity index (χ4v) is 6.30. The number of hydrogen-bond donors (Lipinski definition) is 1. The third kappa shape index (κ3) is 8.18. The minimum atomic E-state index is -1.52. The smallest absolute Gasteiger partial charge is 0.410 e. The molecule has 5 rings (SSSR count). The monoisotopic (exact) mass is 685 g/mol. The number of hydrogen-bond acceptors (Lipinski definition) is 7. The average Bonchev–Trinajstić information content (AvgIpc) is 3.60. The first-order valence-electron chi connectivity index (χ1n) is 16.1. The van der Waals surface area contributed by atoms with Crippen LogP contribution < -0.4 is 0 Å². The van der Waals surface area contributed by atoms with Crippen molar-refractivity contribution in [3.63, 3.8) is 0 Å². The summed E-state index contributed by atoms with van der Waals surface area (Å²) < 4.78 is 57.2. The van der Waals surface area contributed by atoms with Crippen molar-refractivity contribution in [1.82, 2.24) is 24.3 Å². The second-order valence-electron chi connectivity index (χ2n) is 13.6. The first-order chi connectivity index (χ1) is 23.1. The second kappa shape index (κ2) is 14.5. The van der Waals surface area contributed by atoms with E-state index in [1.165, 1.54) is 28.7 Å². The van der Waals surface area contributed by atoms with E-state index in [-0.39, 0.29) is 56.4 Å². The largest absolute Gasteiger partial charge is 0.453 e. The summed E-state index contributed by atoms with van der Waals surface area (Å²) in [5, 5.41) is 10.6. The van der Waals surface area contributed by atoms with E-state index in [4.69, 9.17) is 14.5 Å². The van der Waals surface area contributed by atoms with E-state index < -0.39 is 65.5 Å². The lowest BCUT2D eigenvalue weighted by atomic mass is 9.88. The van der Waals surface area contributed by atoms with E-state index in [1.807, 2.05) is 30.3 Å². The zero-order valence-corrected chi connectivity index (χ0v) is 28.2. The Morgan fingerprint density at radius 2 is 1.69 bits per heavy atom. The van der Waals surface area contributed by atoms with Crippen molar-refractivity contribution in [1.29, 1.82) is 0 Å². The molecule has 11 nitrogen and oxygen atoms in total. The molecule has 264 valence electrons. The highest BCUT2D eigenvalue weighted by Crippen LogP contribution is 2.39. The molecule has 2 aliphatic heterocycles. The van der Waals surface area contributed by atoms with Gasteiger partial charge in [0.2, 0.25) is 0 Å². The van der Waals surface area contributed by atoms with Crippen LogP contribution in [0.3, 0.4) is 0 Å². The van der Waals surface area contributed by atoms with Gasteiger partial charge in [-0.3, -0.25) is 4.79 Å². The van der Waals surface area contributed by atoms with Crippen LogP contribution in [0.15, 0.2) is 54.7 Å². The van der Waals surface area contributed by atoms with Gasteiger partial charge in [0.05, 0.1) is 25.4 Å². The van der Waals surface area contributed by atoms with Gasteiger partial charge in [-0.1, -0.05) is 30.3 Å². The number of methoxy groups -OCH3 is 1. The first-order valence-corrected chi connectivity index (χ1v) is 16.1. The maximum Gasteiger partial charge on any atom is 0.410 e. The van der Waals surface area contributed by atoms with Crippen LogP contribution in [0.4, 0.5) is 22.8 Å². The van der Waals surface area contributed by atoms with E-state index >= 15 is 8.78 Å². The fraction of sp³-hybridized carbons (Fsp3) is 0.486. The van der Waals surface area contributed by atoms with E-state index in [0.29, 0.717) is 0 Å². The minimum Gasteiger partial charge on any atom is -0.453 e. The molecule has 14 heteroatoms. The number of carbonyl (C=O) groups excluding carboxylic acids is 3. The molecule has 2 aliphatic rings. The van der Waals surface area contributed by atoms with Crippen molar-refractivity contribution < 1.29 is 42.1 Å². The van der Waals surface area contributed by atoms with Crippen LogP contribution in [0, 0.1) is 23.5 Å². The Kier molecular flexibility index (Phi) is 10.6. The molecule has 0 saturated carbocycles. The van der Waals surface area contributed by atoms with Crippen molar-refractivity contribution in [3.8, 4) is 11.3 Å². The highest BCUT2D eigenvalue weighted by Gasteiger charge is 2.47. The molecule has 2 aromatic carbocycles. The topological polar surface area (TPSA) is 117 Å². The summed E-state index contributed by atoms with van der Waals surface area (Å²) in [5.41, 5.74) is 0.0432. The van der Waals surface area contributed by atoms with Gasteiger partial charge >= 0.3 is 12.2 Å². The Balaban J connectivity index is 1.59. The van der Waals surface area contributed by atoms with Crippen LogP contribution in [-0.2, 0) is 20.8 Å². The lowest BCUT2D eigenvalue weighted by Crippen LogP contribution is -2.57. The summed E-state index contributed by atoms with van der Waals surface area (Å²) in [6.07, 6.45) is -2.72. The summed E-state index contributed by atoms with van der Waals surface area (Å²) in [6.45, 7) is 6.40. The van der Waals surface area contributed by atoms with Crippen molar-refractivity contribution in [3.05, 3.63) is 77.8 Å². The van der Waals surface area contributed by atoms with Crippen molar-refractivity contribution in [2.45, 2.75) is 58.2 Å². The number of ether oxygens (including phenoxy) is 2. The number of aliphatic hydroxyl groups is 1. The molecule has 1 aromatic heterocycles. The Hall–Kier alpha value is -4.59. The lowest BCUT2D eigenvalue weighted by Gasteiger charge is -2.46. The van der Waals surface area contributed by atoms with Crippen molar-refractivity contribution in [2.75, 3.05) is 39.8 Å². The number of likely N-dealkylation sites (tertiary alicyclic amines) is 2. The van der Waals surface area contributed by atoms with Crippen LogP contribution in [0.25, 0.3) is 11.3 Å². The number of nitrogens with zero attached hydrogens (tertiary/aromatic N) is 5. The molecule has 1 N–H and O–H groups in total. The first kappa shape index (κ1) is 35.7. The molecular weight excluding hydrogens is 643 g/mol. The molecule has 2 fully saturated rings. The van der Waals surface area contributed by atoms with Crippen LogP contribution in [0.5, 0.6) is 0 Å². The maximum absolute atomic E-state index is 15.7. The summed E-state index contributed by atoms with van der Waals surface area (Å²) in [7, 11) is 1.25. The molecule has 4 atom stereocenters. The number of halogens is 3. The summed E-state index contributed by atoms with van der Waals surface area (Å²) in [6, 6.07) is 11.4. The zero-order valence-electron chi connectivity index (χ0n) is 28.2. The van der Waals surface area contributed by atoms with Gasteiger partial charge in [0.15, 0.2) is 0 Å². The summed E-state index contributed by atoms with van der Waals surface area (Å²) >= 11 is 0. The number of benzene rings is 2. The van der Waals surface area contributed by atoms with Gasteiger partial charge in [-0.05, 0) is 51.5 Å². The standard InChI is InChI=1S/C35H42F3N5O6/c1-21(44)32(45)43(18-23-15-42(19-28(23)38)34(47)49-35(2,3)4)30(24-16-41(17-24)33(46)48-5)31-39-29(26-13-25(36)11-12-27(26)37)20-40(31)14-22-9-7-6-8-10-22/h6-13,20-21,23-24,28,30,44H,14-19H2,1-5H3/t21-,23?,28?,30?/m0/s1. The summed E-state index contributed by atoms with van der Waals surface area (Å²) in [5.74, 6) is -3.16. The molecule has 2 saturated heterocycles. The van der Waals surface area contributed by atoms with Crippen LogP contribution >= 0.6 is 0 Å². The Bertz CT molecular complexity index is 1660. The predicted octanol–water partition coefficient (Wildman–Crippen LogP) is 5.03. The Morgan fingerprint density at radius 3 is 2.33 bits per heavy atom. The van der Waals surface area contributed by atoms with Crippen LogP contribution in [0.1, 0.15) is 45.1 Å². The predicted molar refractivity (Wildman–Crippen MR) is 173 cm³/mol. The molecule has 0 radical (unpaired) electrons. The average molecular weight is 686 g/mol. The highest BCUT2D eigenvalue weighted by atomic mass is 19.1. The summed E-state index contributed by atoms with van der Waals surface area (Å²) in [4.78, 5) is 47.9.